The molecule has 0 aliphatic rings. The van der Waals surface area contributed by atoms with E-state index in [0.29, 0.717) is 5.56 Å². The third kappa shape index (κ3) is 4.13. The van der Waals surface area contributed by atoms with Crippen LogP contribution in [0.4, 0.5) is 4.39 Å². The molecule has 0 unspecified atom stereocenters. The highest BCUT2D eigenvalue weighted by molar-refractivity contribution is 7.90. The smallest absolute Gasteiger partial charge is 0.156 e. The summed E-state index contributed by atoms with van der Waals surface area (Å²) in [6.07, 6.45) is 0. The van der Waals surface area contributed by atoms with Crippen LogP contribution in [0.2, 0.25) is 0 Å². The number of nitrogens with zero attached hydrogens (tertiary/aromatic N) is 1. The molecule has 0 aromatic heterocycles. The number of hydrogen-bond acceptors (Lipinski definition) is 4. The average Bonchev–Trinajstić information content (AvgIpc) is 2.29. The summed E-state index contributed by atoms with van der Waals surface area (Å²) in [7, 11) is -1.87. The van der Waals surface area contributed by atoms with E-state index in [2.05, 4.69) is 4.74 Å². The third-order valence-corrected chi connectivity index (χ3v) is 3.70. The molecule has 0 aliphatic carbocycles. The summed E-state index contributed by atoms with van der Waals surface area (Å²) >= 11 is 0. The molecule has 0 N–H and O–H groups in total. The topological polar surface area (TPSA) is 67.2 Å². The van der Waals surface area contributed by atoms with Crippen molar-refractivity contribution >= 4 is 9.84 Å². The molecule has 17 heavy (non-hydrogen) atoms. The zero-order valence-corrected chi connectivity index (χ0v) is 10.1. The molecule has 0 heterocycles. The molecule has 0 fully saturated rings. The maximum atomic E-state index is 13.0. The number of halogens is 1. The maximum Gasteiger partial charge on any atom is 0.156 e. The minimum absolute atomic E-state index is 0.0945. The fraction of sp³-hybridized carbons (Fsp3) is 0.364. The molecule has 0 spiro atoms. The number of rotatable bonds is 5. The van der Waals surface area contributed by atoms with Crippen LogP contribution in [0.15, 0.2) is 18.2 Å². The van der Waals surface area contributed by atoms with Gasteiger partial charge in [0, 0.05) is 7.11 Å². The van der Waals surface area contributed by atoms with Crippen molar-refractivity contribution in [1.82, 2.24) is 0 Å². The zero-order valence-electron chi connectivity index (χ0n) is 9.31. The Morgan fingerprint density at radius 3 is 2.76 bits per heavy atom. The van der Waals surface area contributed by atoms with Gasteiger partial charge in [0.2, 0.25) is 0 Å². The van der Waals surface area contributed by atoms with Crippen molar-refractivity contribution < 1.29 is 17.5 Å². The average molecular weight is 257 g/mol. The van der Waals surface area contributed by atoms with E-state index in [0.717, 1.165) is 6.07 Å². The number of hydrogen-bond donors (Lipinski definition) is 0. The standard InChI is InChI=1S/C11H12FNO3S/c1-16-4-5-17(14,15)8-9-2-3-11(12)10(6-9)7-13/h2-3,6H,4-5,8H2,1H3. The van der Waals surface area contributed by atoms with Crippen LogP contribution in [0.5, 0.6) is 0 Å². The van der Waals surface area contributed by atoms with Gasteiger partial charge in [-0.05, 0) is 17.7 Å². The molecule has 0 bridgehead atoms. The van der Waals surface area contributed by atoms with Gasteiger partial charge >= 0.3 is 0 Å². The van der Waals surface area contributed by atoms with Gasteiger partial charge in [-0.1, -0.05) is 6.07 Å². The van der Waals surface area contributed by atoms with E-state index in [9.17, 15) is 12.8 Å². The van der Waals surface area contributed by atoms with Gasteiger partial charge in [0.1, 0.15) is 11.9 Å². The fourth-order valence-electron chi connectivity index (χ4n) is 1.28. The van der Waals surface area contributed by atoms with Crippen LogP contribution in [-0.4, -0.2) is 27.9 Å². The molecule has 92 valence electrons. The van der Waals surface area contributed by atoms with Gasteiger partial charge in [-0.25, -0.2) is 12.8 Å². The van der Waals surface area contributed by atoms with Gasteiger partial charge in [-0.3, -0.25) is 0 Å². The van der Waals surface area contributed by atoms with Crippen LogP contribution in [0.3, 0.4) is 0 Å². The summed E-state index contributed by atoms with van der Waals surface area (Å²) in [5.74, 6) is -0.959. The Bertz CT molecular complexity index is 534. The third-order valence-electron chi connectivity index (χ3n) is 2.14. The molecular weight excluding hydrogens is 245 g/mol. The number of benzene rings is 1. The first-order valence-electron chi connectivity index (χ1n) is 4.86. The first kappa shape index (κ1) is 13.6. The Kier molecular flexibility index (Phi) is 4.61. The minimum Gasteiger partial charge on any atom is -0.384 e. The molecular formula is C11H12FNO3S. The van der Waals surface area contributed by atoms with Crippen molar-refractivity contribution in [1.29, 1.82) is 5.26 Å². The van der Waals surface area contributed by atoms with Gasteiger partial charge in [-0.15, -0.1) is 0 Å². The van der Waals surface area contributed by atoms with Crippen LogP contribution in [0.1, 0.15) is 11.1 Å². The monoisotopic (exact) mass is 257 g/mol. The van der Waals surface area contributed by atoms with Crippen LogP contribution in [-0.2, 0) is 20.3 Å². The van der Waals surface area contributed by atoms with Crippen LogP contribution in [0, 0.1) is 17.1 Å². The first-order chi connectivity index (χ1) is 7.98. The molecule has 1 rings (SSSR count). The van der Waals surface area contributed by atoms with Crippen LogP contribution >= 0.6 is 0 Å². The predicted octanol–water partition coefficient (Wildman–Crippen LogP) is 1.26. The SMILES string of the molecule is COCCS(=O)(=O)Cc1ccc(F)c(C#N)c1. The van der Waals surface area contributed by atoms with E-state index in [1.165, 1.54) is 19.2 Å². The van der Waals surface area contributed by atoms with Crippen molar-refractivity contribution in [3.05, 3.63) is 35.1 Å². The second-order valence-electron chi connectivity index (χ2n) is 3.51. The number of methoxy groups -OCH3 is 1. The molecule has 1 aromatic rings. The molecule has 0 saturated carbocycles. The fourth-order valence-corrected chi connectivity index (χ4v) is 2.54. The van der Waals surface area contributed by atoms with E-state index >= 15 is 0 Å². The Morgan fingerprint density at radius 2 is 2.18 bits per heavy atom. The largest absolute Gasteiger partial charge is 0.384 e. The summed E-state index contributed by atoms with van der Waals surface area (Å²) in [5, 5.41) is 8.62. The van der Waals surface area contributed by atoms with Crippen LogP contribution < -0.4 is 0 Å². The van der Waals surface area contributed by atoms with Crippen LogP contribution in [0.25, 0.3) is 0 Å². The van der Waals surface area contributed by atoms with Crippen molar-refractivity contribution in [3.8, 4) is 6.07 Å². The molecule has 0 aliphatic heterocycles. The van der Waals surface area contributed by atoms with Gasteiger partial charge in [0.05, 0.1) is 23.7 Å². The number of ether oxygens (including phenoxy) is 1. The molecule has 1 aromatic carbocycles. The van der Waals surface area contributed by atoms with Gasteiger partial charge in [0.25, 0.3) is 0 Å². The molecule has 6 heteroatoms. The normalized spacial score (nSPS) is 11.1. The summed E-state index contributed by atoms with van der Waals surface area (Å²) in [6, 6.07) is 5.38. The Hall–Kier alpha value is -1.45. The Morgan fingerprint density at radius 1 is 1.47 bits per heavy atom. The lowest BCUT2D eigenvalue weighted by molar-refractivity contribution is 0.217. The Balaban J connectivity index is 2.86. The lowest BCUT2D eigenvalue weighted by Gasteiger charge is -2.04. The first-order valence-corrected chi connectivity index (χ1v) is 6.68. The zero-order chi connectivity index (χ0) is 12.9. The van der Waals surface area contributed by atoms with E-state index in [-0.39, 0.29) is 23.7 Å². The molecule has 0 amide bonds. The van der Waals surface area contributed by atoms with E-state index in [1.54, 1.807) is 6.07 Å². The second kappa shape index (κ2) is 5.75. The summed E-state index contributed by atoms with van der Waals surface area (Å²) in [6.45, 7) is 0.120. The summed E-state index contributed by atoms with van der Waals surface area (Å²) in [5.41, 5.74) is 0.253. The lowest BCUT2D eigenvalue weighted by atomic mass is 10.1. The number of nitriles is 1. The van der Waals surface area contributed by atoms with Crippen molar-refractivity contribution in [2.75, 3.05) is 19.5 Å². The number of sulfone groups is 1. The van der Waals surface area contributed by atoms with E-state index in [1.807, 2.05) is 0 Å². The van der Waals surface area contributed by atoms with Crippen molar-refractivity contribution in [2.45, 2.75) is 5.75 Å². The summed E-state index contributed by atoms with van der Waals surface area (Å²) in [4.78, 5) is 0. The van der Waals surface area contributed by atoms with E-state index < -0.39 is 15.7 Å². The van der Waals surface area contributed by atoms with Crippen molar-refractivity contribution in [3.63, 3.8) is 0 Å². The predicted molar refractivity (Wildman–Crippen MR) is 60.5 cm³/mol. The van der Waals surface area contributed by atoms with Gasteiger partial charge in [0.15, 0.2) is 9.84 Å². The van der Waals surface area contributed by atoms with Crippen molar-refractivity contribution in [2.24, 2.45) is 0 Å². The highest BCUT2D eigenvalue weighted by Gasteiger charge is 2.13. The molecule has 0 radical (unpaired) electrons. The second-order valence-corrected chi connectivity index (χ2v) is 5.69. The molecule has 0 atom stereocenters. The quantitative estimate of drug-likeness (QED) is 0.796. The highest BCUT2D eigenvalue weighted by atomic mass is 32.2. The minimum atomic E-state index is -3.29. The lowest BCUT2D eigenvalue weighted by Crippen LogP contribution is -2.13. The molecule has 0 saturated heterocycles. The van der Waals surface area contributed by atoms with E-state index in [4.69, 9.17) is 5.26 Å². The van der Waals surface area contributed by atoms with Gasteiger partial charge in [-0.2, -0.15) is 5.26 Å². The summed E-state index contributed by atoms with van der Waals surface area (Å²) < 4.78 is 40.9. The van der Waals surface area contributed by atoms with Gasteiger partial charge < -0.3 is 4.74 Å². The maximum absolute atomic E-state index is 13.0. The highest BCUT2D eigenvalue weighted by Crippen LogP contribution is 2.12. The molecule has 4 nitrogen and oxygen atoms in total. The Labute approximate surface area is 99.6 Å².